The van der Waals surface area contributed by atoms with Crippen LogP contribution >= 0.6 is 35.8 Å². The van der Waals surface area contributed by atoms with E-state index in [-0.39, 0.29) is 18.3 Å². The summed E-state index contributed by atoms with van der Waals surface area (Å²) in [4.78, 5) is 15.4. The summed E-state index contributed by atoms with van der Waals surface area (Å²) in [6.45, 7) is 5.96. The van der Waals surface area contributed by atoms with Gasteiger partial charge in [-0.1, -0.05) is 11.6 Å². The lowest BCUT2D eigenvalue weighted by Gasteiger charge is -2.27. The highest BCUT2D eigenvalue weighted by Crippen LogP contribution is 2.21. The average molecular weight is 378 g/mol. The minimum Gasteiger partial charge on any atom is -0.355 e. The molecule has 23 heavy (non-hydrogen) atoms. The van der Waals surface area contributed by atoms with Gasteiger partial charge in [0, 0.05) is 55.6 Å². The van der Waals surface area contributed by atoms with Gasteiger partial charge in [-0.2, -0.15) is 0 Å². The molecular formula is C16H25Cl2N3OS. The average Bonchev–Trinajstić information content (AvgIpc) is 2.54. The molecule has 0 bridgehead atoms. The summed E-state index contributed by atoms with van der Waals surface area (Å²) in [5, 5.41) is 7.09. The monoisotopic (exact) mass is 377 g/mol. The van der Waals surface area contributed by atoms with Crippen molar-refractivity contribution < 1.29 is 4.79 Å². The summed E-state index contributed by atoms with van der Waals surface area (Å²) in [5.41, 5.74) is 0. The Kier molecular flexibility index (Phi) is 10.7. The van der Waals surface area contributed by atoms with E-state index in [1.165, 1.54) is 4.90 Å². The van der Waals surface area contributed by atoms with Crippen LogP contribution in [0.2, 0.25) is 5.02 Å². The third-order valence-corrected chi connectivity index (χ3v) is 4.94. The Bertz CT molecular complexity index is 453. The van der Waals surface area contributed by atoms with Crippen LogP contribution in [0, 0.1) is 0 Å². The SMILES string of the molecule is Cl.O=C(CCCSc1ccc(Cl)cc1)NCCN1CCNCC1. The molecule has 1 aliphatic heterocycles. The number of rotatable bonds is 8. The number of carbonyl (C=O) groups is 1. The number of carbonyl (C=O) groups excluding carboxylic acids is 1. The highest BCUT2D eigenvalue weighted by molar-refractivity contribution is 7.99. The quantitative estimate of drug-likeness (QED) is 0.539. The minimum atomic E-state index is 0. The maximum atomic E-state index is 11.8. The van der Waals surface area contributed by atoms with Gasteiger partial charge in [-0.05, 0) is 36.4 Å². The van der Waals surface area contributed by atoms with E-state index in [0.29, 0.717) is 6.42 Å². The number of hydrogen-bond donors (Lipinski definition) is 2. The minimum absolute atomic E-state index is 0. The van der Waals surface area contributed by atoms with Gasteiger partial charge in [-0.15, -0.1) is 24.2 Å². The highest BCUT2D eigenvalue weighted by Gasteiger charge is 2.09. The first-order valence-electron chi connectivity index (χ1n) is 7.82. The van der Waals surface area contributed by atoms with Crippen LogP contribution in [0.5, 0.6) is 0 Å². The number of benzene rings is 1. The van der Waals surface area contributed by atoms with Gasteiger partial charge in [0.2, 0.25) is 5.91 Å². The molecule has 2 N–H and O–H groups in total. The van der Waals surface area contributed by atoms with E-state index >= 15 is 0 Å². The third-order valence-electron chi connectivity index (χ3n) is 3.59. The van der Waals surface area contributed by atoms with Crippen molar-refractivity contribution in [3.63, 3.8) is 0 Å². The summed E-state index contributed by atoms with van der Waals surface area (Å²) in [7, 11) is 0. The molecule has 0 aliphatic carbocycles. The molecule has 7 heteroatoms. The number of nitrogens with one attached hydrogen (secondary N) is 2. The molecule has 0 saturated carbocycles. The molecule has 0 spiro atoms. The Hall–Kier alpha value is -0.460. The first-order chi connectivity index (χ1) is 10.7. The first-order valence-corrected chi connectivity index (χ1v) is 9.18. The van der Waals surface area contributed by atoms with Crippen LogP contribution < -0.4 is 10.6 Å². The second kappa shape index (κ2) is 12.0. The molecule has 1 heterocycles. The first kappa shape index (κ1) is 20.6. The molecule has 1 saturated heterocycles. The zero-order chi connectivity index (χ0) is 15.6. The Morgan fingerprint density at radius 1 is 1.26 bits per heavy atom. The molecule has 1 aromatic carbocycles. The van der Waals surface area contributed by atoms with Crippen LogP contribution in [0.25, 0.3) is 0 Å². The number of piperazine rings is 1. The standard InChI is InChI=1S/C16H24ClN3OS.ClH/c17-14-3-5-15(6-4-14)22-13-1-2-16(21)19-9-12-20-10-7-18-8-11-20;/h3-6,18H,1-2,7-13H2,(H,19,21);1H. The van der Waals surface area contributed by atoms with Gasteiger partial charge in [-0.25, -0.2) is 0 Å². The van der Waals surface area contributed by atoms with E-state index < -0.39 is 0 Å². The van der Waals surface area contributed by atoms with Crippen LogP contribution in [0.1, 0.15) is 12.8 Å². The second-order valence-electron chi connectivity index (χ2n) is 5.35. The van der Waals surface area contributed by atoms with Gasteiger partial charge in [0.05, 0.1) is 0 Å². The van der Waals surface area contributed by atoms with Gasteiger partial charge >= 0.3 is 0 Å². The molecule has 0 radical (unpaired) electrons. The van der Waals surface area contributed by atoms with E-state index in [1.807, 2.05) is 24.3 Å². The molecule has 2 rings (SSSR count). The van der Waals surface area contributed by atoms with E-state index in [0.717, 1.165) is 56.5 Å². The maximum absolute atomic E-state index is 11.8. The Morgan fingerprint density at radius 2 is 1.96 bits per heavy atom. The van der Waals surface area contributed by atoms with Crippen molar-refractivity contribution in [2.45, 2.75) is 17.7 Å². The second-order valence-corrected chi connectivity index (χ2v) is 6.95. The number of halogens is 2. The molecule has 1 fully saturated rings. The molecule has 1 aliphatic rings. The largest absolute Gasteiger partial charge is 0.355 e. The molecule has 130 valence electrons. The van der Waals surface area contributed by atoms with Crippen LogP contribution in [-0.4, -0.2) is 55.8 Å². The number of amides is 1. The fraction of sp³-hybridized carbons (Fsp3) is 0.562. The van der Waals surface area contributed by atoms with Crippen LogP contribution in [0.15, 0.2) is 29.2 Å². The summed E-state index contributed by atoms with van der Waals surface area (Å²) in [5.74, 6) is 1.11. The van der Waals surface area contributed by atoms with E-state index in [4.69, 9.17) is 11.6 Å². The molecule has 0 atom stereocenters. The molecule has 1 aromatic rings. The summed E-state index contributed by atoms with van der Waals surface area (Å²) in [6, 6.07) is 7.82. The van der Waals surface area contributed by atoms with Gasteiger partial charge in [-0.3, -0.25) is 9.69 Å². The highest BCUT2D eigenvalue weighted by atomic mass is 35.5. The molecular weight excluding hydrogens is 353 g/mol. The van der Waals surface area contributed by atoms with E-state index in [9.17, 15) is 4.79 Å². The summed E-state index contributed by atoms with van der Waals surface area (Å²) >= 11 is 7.61. The van der Waals surface area contributed by atoms with E-state index in [1.54, 1.807) is 11.8 Å². The smallest absolute Gasteiger partial charge is 0.220 e. The van der Waals surface area contributed by atoms with Crippen molar-refractivity contribution in [2.24, 2.45) is 0 Å². The van der Waals surface area contributed by atoms with Crippen molar-refractivity contribution in [3.8, 4) is 0 Å². The number of hydrogen-bond acceptors (Lipinski definition) is 4. The molecule has 0 unspecified atom stereocenters. The molecule has 1 amide bonds. The lowest BCUT2D eigenvalue weighted by molar-refractivity contribution is -0.121. The van der Waals surface area contributed by atoms with Crippen molar-refractivity contribution >= 4 is 41.7 Å². The molecule has 4 nitrogen and oxygen atoms in total. The fourth-order valence-electron chi connectivity index (χ4n) is 2.33. The van der Waals surface area contributed by atoms with Gasteiger partial charge < -0.3 is 10.6 Å². The predicted molar refractivity (Wildman–Crippen MR) is 101 cm³/mol. The van der Waals surface area contributed by atoms with Gasteiger partial charge in [0.25, 0.3) is 0 Å². The maximum Gasteiger partial charge on any atom is 0.220 e. The Balaban J connectivity index is 0.00000264. The Morgan fingerprint density at radius 3 is 2.65 bits per heavy atom. The summed E-state index contributed by atoms with van der Waals surface area (Å²) < 4.78 is 0. The van der Waals surface area contributed by atoms with Gasteiger partial charge in [0.15, 0.2) is 0 Å². The van der Waals surface area contributed by atoms with Crippen molar-refractivity contribution in [3.05, 3.63) is 29.3 Å². The fourth-order valence-corrected chi connectivity index (χ4v) is 3.31. The predicted octanol–water partition coefficient (Wildman–Crippen LogP) is 2.66. The van der Waals surface area contributed by atoms with Gasteiger partial charge in [0.1, 0.15) is 0 Å². The lowest BCUT2D eigenvalue weighted by Crippen LogP contribution is -2.46. The van der Waals surface area contributed by atoms with Crippen molar-refractivity contribution in [2.75, 3.05) is 45.0 Å². The molecule has 0 aromatic heterocycles. The van der Waals surface area contributed by atoms with Crippen LogP contribution in [0.3, 0.4) is 0 Å². The zero-order valence-corrected chi connectivity index (χ0v) is 15.6. The van der Waals surface area contributed by atoms with Crippen molar-refractivity contribution in [1.29, 1.82) is 0 Å². The van der Waals surface area contributed by atoms with Crippen LogP contribution in [0.4, 0.5) is 0 Å². The zero-order valence-electron chi connectivity index (χ0n) is 13.2. The number of nitrogens with zero attached hydrogens (tertiary/aromatic N) is 1. The van der Waals surface area contributed by atoms with Crippen LogP contribution in [-0.2, 0) is 4.79 Å². The summed E-state index contributed by atoms with van der Waals surface area (Å²) in [6.07, 6.45) is 1.49. The third kappa shape index (κ3) is 8.82. The van der Waals surface area contributed by atoms with E-state index in [2.05, 4.69) is 15.5 Å². The lowest BCUT2D eigenvalue weighted by atomic mass is 10.3. The number of thioether (sulfide) groups is 1. The Labute approximate surface area is 154 Å². The topological polar surface area (TPSA) is 44.4 Å². The van der Waals surface area contributed by atoms with Crippen molar-refractivity contribution in [1.82, 2.24) is 15.5 Å². The normalized spacial score (nSPS) is 15.0.